The second-order valence-electron chi connectivity index (χ2n) is 5.05. The van der Waals surface area contributed by atoms with Gasteiger partial charge in [-0.15, -0.1) is 0 Å². The number of hydrogen-bond acceptors (Lipinski definition) is 3. The molecule has 0 aromatic heterocycles. The second kappa shape index (κ2) is 4.34. The highest BCUT2D eigenvalue weighted by atomic mass is 16.7. The smallest absolute Gasteiger partial charge is 0.225 e. The zero-order chi connectivity index (χ0) is 11.0. The summed E-state index contributed by atoms with van der Waals surface area (Å²) in [5.41, 5.74) is 0. The minimum absolute atomic E-state index is 0.00169. The number of amides is 1. The fourth-order valence-electron chi connectivity index (χ4n) is 2.63. The van der Waals surface area contributed by atoms with Gasteiger partial charge in [0.2, 0.25) is 5.91 Å². The summed E-state index contributed by atoms with van der Waals surface area (Å²) < 4.78 is 11.0. The quantitative estimate of drug-likeness (QED) is 0.704. The first-order chi connectivity index (χ1) is 7.84. The van der Waals surface area contributed by atoms with Crippen LogP contribution in [-0.4, -0.2) is 43.4 Å². The maximum Gasteiger partial charge on any atom is 0.225 e. The molecular formula is C12H19NO3. The summed E-state index contributed by atoms with van der Waals surface area (Å²) in [5, 5.41) is 0. The van der Waals surface area contributed by atoms with Crippen molar-refractivity contribution in [3.63, 3.8) is 0 Å². The van der Waals surface area contributed by atoms with Crippen molar-refractivity contribution < 1.29 is 14.3 Å². The van der Waals surface area contributed by atoms with Crippen LogP contribution in [0.15, 0.2) is 0 Å². The van der Waals surface area contributed by atoms with E-state index in [-0.39, 0.29) is 6.29 Å². The van der Waals surface area contributed by atoms with Crippen LogP contribution in [0.5, 0.6) is 0 Å². The number of hydrogen-bond donors (Lipinski definition) is 0. The monoisotopic (exact) mass is 225 g/mol. The summed E-state index contributed by atoms with van der Waals surface area (Å²) in [7, 11) is 0. The lowest BCUT2D eigenvalue weighted by molar-refractivity contribution is -0.138. The number of ether oxygens (including phenoxy) is 2. The Hall–Kier alpha value is -0.610. The molecule has 90 valence electrons. The van der Waals surface area contributed by atoms with E-state index in [9.17, 15) is 4.79 Å². The summed E-state index contributed by atoms with van der Waals surface area (Å²) in [6, 6.07) is 0. The third-order valence-electron chi connectivity index (χ3n) is 3.81. The predicted octanol–water partition coefficient (Wildman–Crippen LogP) is 1.01. The molecule has 0 spiro atoms. The van der Waals surface area contributed by atoms with Gasteiger partial charge in [-0.3, -0.25) is 4.79 Å². The minimum atomic E-state index is -0.00169. The number of carbonyl (C=O) groups excluding carboxylic acids is 1. The zero-order valence-electron chi connectivity index (χ0n) is 9.56. The molecule has 0 unspecified atom stereocenters. The van der Waals surface area contributed by atoms with Crippen LogP contribution >= 0.6 is 0 Å². The van der Waals surface area contributed by atoms with Crippen LogP contribution in [0.1, 0.15) is 25.7 Å². The van der Waals surface area contributed by atoms with Crippen molar-refractivity contribution in [3.05, 3.63) is 0 Å². The van der Waals surface area contributed by atoms with Crippen molar-refractivity contribution in [2.45, 2.75) is 32.0 Å². The molecule has 0 aromatic carbocycles. The molecule has 3 aliphatic rings. The summed E-state index contributed by atoms with van der Waals surface area (Å²) >= 11 is 0. The fraction of sp³-hybridized carbons (Fsp3) is 0.917. The molecule has 3 fully saturated rings. The van der Waals surface area contributed by atoms with Crippen LogP contribution in [0.2, 0.25) is 0 Å². The Labute approximate surface area is 95.9 Å². The third kappa shape index (κ3) is 2.09. The molecule has 2 aliphatic heterocycles. The number of nitrogens with zero attached hydrogens (tertiary/aromatic N) is 1. The standard InChI is InChI=1S/C12H19NO3/c14-11(9-1-2-9)13-5-3-10(4-6-13)12-15-7-8-16-12/h9-10,12H,1-8H2. The van der Waals surface area contributed by atoms with Gasteiger partial charge in [0.25, 0.3) is 0 Å². The normalized spacial score (nSPS) is 28.6. The van der Waals surface area contributed by atoms with Crippen molar-refractivity contribution in [1.82, 2.24) is 4.90 Å². The summed E-state index contributed by atoms with van der Waals surface area (Å²) in [6.45, 7) is 3.24. The van der Waals surface area contributed by atoms with Gasteiger partial charge in [0, 0.05) is 24.9 Å². The second-order valence-corrected chi connectivity index (χ2v) is 5.05. The van der Waals surface area contributed by atoms with E-state index in [2.05, 4.69) is 0 Å². The van der Waals surface area contributed by atoms with Crippen molar-refractivity contribution >= 4 is 5.91 Å². The molecule has 1 aliphatic carbocycles. The number of rotatable bonds is 2. The summed E-state index contributed by atoms with van der Waals surface area (Å²) in [6.07, 6.45) is 4.27. The van der Waals surface area contributed by atoms with E-state index in [4.69, 9.17) is 9.47 Å². The molecule has 0 radical (unpaired) electrons. The lowest BCUT2D eigenvalue weighted by Crippen LogP contribution is -2.42. The van der Waals surface area contributed by atoms with E-state index in [1.807, 2.05) is 4.90 Å². The topological polar surface area (TPSA) is 38.8 Å². The molecule has 4 heteroatoms. The summed E-state index contributed by atoms with van der Waals surface area (Å²) in [5.74, 6) is 1.23. The van der Waals surface area contributed by atoms with Gasteiger partial charge < -0.3 is 14.4 Å². The van der Waals surface area contributed by atoms with Crippen LogP contribution in [0, 0.1) is 11.8 Å². The van der Waals surface area contributed by atoms with Gasteiger partial charge in [-0.1, -0.05) is 0 Å². The van der Waals surface area contributed by atoms with Gasteiger partial charge in [-0.2, -0.15) is 0 Å². The van der Waals surface area contributed by atoms with Gasteiger partial charge in [-0.05, 0) is 25.7 Å². The van der Waals surface area contributed by atoms with Crippen LogP contribution < -0.4 is 0 Å². The SMILES string of the molecule is O=C(C1CC1)N1CCC(C2OCCO2)CC1. The van der Waals surface area contributed by atoms with Gasteiger partial charge in [0.05, 0.1) is 13.2 Å². The zero-order valence-corrected chi connectivity index (χ0v) is 9.56. The highest BCUT2D eigenvalue weighted by Crippen LogP contribution is 2.33. The number of likely N-dealkylation sites (tertiary alicyclic amines) is 1. The molecule has 0 N–H and O–H groups in total. The van der Waals surface area contributed by atoms with E-state index in [0.717, 1.165) is 52.0 Å². The maximum absolute atomic E-state index is 11.9. The predicted molar refractivity (Wildman–Crippen MR) is 57.7 cm³/mol. The molecule has 3 rings (SSSR count). The molecule has 16 heavy (non-hydrogen) atoms. The van der Waals surface area contributed by atoms with Crippen LogP contribution in [-0.2, 0) is 14.3 Å². The van der Waals surface area contributed by atoms with Gasteiger partial charge in [0.15, 0.2) is 6.29 Å². The van der Waals surface area contributed by atoms with E-state index in [0.29, 0.717) is 17.7 Å². The number of carbonyl (C=O) groups is 1. The lowest BCUT2D eigenvalue weighted by atomic mass is 9.96. The van der Waals surface area contributed by atoms with E-state index in [1.165, 1.54) is 0 Å². The Morgan fingerprint density at radius 1 is 1.00 bits per heavy atom. The average molecular weight is 225 g/mol. The molecule has 0 atom stereocenters. The van der Waals surface area contributed by atoms with E-state index in [1.54, 1.807) is 0 Å². The first-order valence-corrected chi connectivity index (χ1v) is 6.36. The molecular weight excluding hydrogens is 206 g/mol. The molecule has 1 saturated carbocycles. The summed E-state index contributed by atoms with van der Waals surface area (Å²) in [4.78, 5) is 13.9. The third-order valence-corrected chi connectivity index (χ3v) is 3.81. The first kappa shape index (κ1) is 10.5. The Morgan fingerprint density at radius 2 is 1.62 bits per heavy atom. The lowest BCUT2D eigenvalue weighted by Gasteiger charge is -2.34. The minimum Gasteiger partial charge on any atom is -0.350 e. The molecule has 0 aromatic rings. The van der Waals surface area contributed by atoms with Gasteiger partial charge in [0.1, 0.15) is 0 Å². The molecule has 0 bridgehead atoms. The highest BCUT2D eigenvalue weighted by molar-refractivity contribution is 5.81. The molecule has 2 heterocycles. The van der Waals surface area contributed by atoms with Gasteiger partial charge in [-0.25, -0.2) is 0 Å². The molecule has 1 amide bonds. The van der Waals surface area contributed by atoms with Crippen LogP contribution in [0.25, 0.3) is 0 Å². The van der Waals surface area contributed by atoms with Gasteiger partial charge >= 0.3 is 0 Å². The van der Waals surface area contributed by atoms with E-state index >= 15 is 0 Å². The largest absolute Gasteiger partial charge is 0.350 e. The van der Waals surface area contributed by atoms with E-state index < -0.39 is 0 Å². The highest BCUT2D eigenvalue weighted by Gasteiger charge is 2.37. The van der Waals surface area contributed by atoms with Crippen molar-refractivity contribution in [3.8, 4) is 0 Å². The van der Waals surface area contributed by atoms with Crippen LogP contribution in [0.3, 0.4) is 0 Å². The Bertz CT molecular complexity index is 263. The molecule has 4 nitrogen and oxygen atoms in total. The van der Waals surface area contributed by atoms with Crippen molar-refractivity contribution in [1.29, 1.82) is 0 Å². The van der Waals surface area contributed by atoms with Crippen molar-refractivity contribution in [2.24, 2.45) is 11.8 Å². The number of piperidine rings is 1. The van der Waals surface area contributed by atoms with Crippen molar-refractivity contribution in [2.75, 3.05) is 26.3 Å². The Morgan fingerprint density at radius 3 is 2.19 bits per heavy atom. The first-order valence-electron chi connectivity index (χ1n) is 6.36. The van der Waals surface area contributed by atoms with Crippen LogP contribution in [0.4, 0.5) is 0 Å². The average Bonchev–Trinajstić information content (AvgIpc) is 3.04. The maximum atomic E-state index is 11.9. The Balaban J connectivity index is 1.49. The molecule has 2 saturated heterocycles. The fourth-order valence-corrected chi connectivity index (χ4v) is 2.63. The Kier molecular flexibility index (Phi) is 2.86.